The zero-order valence-corrected chi connectivity index (χ0v) is 11.5. The molecule has 20 heavy (non-hydrogen) atoms. The maximum absolute atomic E-state index is 12.3. The summed E-state index contributed by atoms with van der Waals surface area (Å²) in [5.74, 6) is 0.837. The molecule has 1 aliphatic heterocycles. The minimum absolute atomic E-state index is 0.0296. The van der Waals surface area contributed by atoms with Gasteiger partial charge in [0.2, 0.25) is 0 Å². The molecule has 2 aromatic rings. The van der Waals surface area contributed by atoms with E-state index in [4.69, 9.17) is 4.74 Å². The molecule has 0 bridgehead atoms. The van der Waals surface area contributed by atoms with Crippen LogP contribution in [0.2, 0.25) is 0 Å². The van der Waals surface area contributed by atoms with Crippen LogP contribution in [0, 0.1) is 0 Å². The van der Waals surface area contributed by atoms with Crippen molar-refractivity contribution in [2.24, 2.45) is 0 Å². The fourth-order valence-corrected chi connectivity index (χ4v) is 2.41. The molecule has 1 amide bonds. The van der Waals surface area contributed by atoms with Gasteiger partial charge in [-0.1, -0.05) is 30.3 Å². The lowest BCUT2D eigenvalue weighted by atomic mass is 10.0. The second-order valence-electron chi connectivity index (χ2n) is 4.71. The number of carbonyl (C=O) groups excluding carboxylic acids is 1. The maximum Gasteiger partial charge on any atom is 0.258 e. The molecule has 3 heteroatoms. The number of benzene rings is 2. The molecule has 100 valence electrons. The molecule has 3 rings (SSSR count). The van der Waals surface area contributed by atoms with Gasteiger partial charge in [0.05, 0.1) is 12.8 Å². The Morgan fingerprint density at radius 3 is 2.45 bits per heavy atom. The van der Waals surface area contributed by atoms with Gasteiger partial charge in [0.1, 0.15) is 5.75 Å². The van der Waals surface area contributed by atoms with Crippen molar-refractivity contribution in [2.75, 3.05) is 19.1 Å². The molecule has 3 nitrogen and oxygen atoms in total. The van der Waals surface area contributed by atoms with Crippen molar-refractivity contribution < 1.29 is 9.53 Å². The Balaban J connectivity index is 2.04. The number of para-hydroxylation sites is 1. The largest absolute Gasteiger partial charge is 0.497 e. The van der Waals surface area contributed by atoms with Crippen molar-refractivity contribution in [1.29, 1.82) is 0 Å². The first-order chi connectivity index (χ1) is 9.70. The molecule has 0 fully saturated rings. The van der Waals surface area contributed by atoms with Gasteiger partial charge in [-0.15, -0.1) is 0 Å². The number of amides is 1. The number of fused-ring (bicyclic) bond motifs is 1. The summed E-state index contributed by atoms with van der Waals surface area (Å²) in [4.78, 5) is 14.0. The third-order valence-corrected chi connectivity index (χ3v) is 3.52. The summed E-state index contributed by atoms with van der Waals surface area (Å²) >= 11 is 0. The first kappa shape index (κ1) is 12.5. The van der Waals surface area contributed by atoms with Gasteiger partial charge in [-0.2, -0.15) is 0 Å². The fourth-order valence-electron chi connectivity index (χ4n) is 2.41. The highest BCUT2D eigenvalue weighted by Gasteiger charge is 2.28. The first-order valence-corrected chi connectivity index (χ1v) is 6.44. The first-order valence-electron chi connectivity index (χ1n) is 6.44. The van der Waals surface area contributed by atoms with E-state index in [2.05, 4.69) is 0 Å². The molecular weight excluding hydrogens is 250 g/mol. The molecule has 0 spiro atoms. The van der Waals surface area contributed by atoms with Crippen LogP contribution in [0.1, 0.15) is 11.1 Å². The molecule has 2 aromatic carbocycles. The minimum atomic E-state index is 0.0296. The lowest BCUT2D eigenvalue weighted by Crippen LogP contribution is -2.20. The maximum atomic E-state index is 12.3. The van der Waals surface area contributed by atoms with E-state index in [1.165, 1.54) is 0 Å². The van der Waals surface area contributed by atoms with E-state index in [9.17, 15) is 4.79 Å². The summed E-state index contributed by atoms with van der Waals surface area (Å²) in [5.41, 5.74) is 3.65. The summed E-state index contributed by atoms with van der Waals surface area (Å²) < 4.78 is 5.14. The van der Waals surface area contributed by atoms with Gasteiger partial charge in [0.25, 0.3) is 5.91 Å². The van der Waals surface area contributed by atoms with Gasteiger partial charge in [0.15, 0.2) is 0 Å². The Kier molecular flexibility index (Phi) is 3.03. The third kappa shape index (κ3) is 1.97. The second kappa shape index (κ2) is 4.85. The highest BCUT2D eigenvalue weighted by atomic mass is 16.5. The standard InChI is InChI=1S/C17H15NO2/c1-18-16-6-4-3-5-14(16)15(17(18)19)11-12-7-9-13(20-2)10-8-12/h3-11H,1-2H3/b15-11+. The van der Waals surface area contributed by atoms with Gasteiger partial charge < -0.3 is 9.64 Å². The van der Waals surface area contributed by atoms with E-state index in [1.54, 1.807) is 19.1 Å². The van der Waals surface area contributed by atoms with Crippen LogP contribution < -0.4 is 9.64 Å². The Morgan fingerprint density at radius 1 is 1.05 bits per heavy atom. The lowest BCUT2D eigenvalue weighted by Gasteiger charge is -2.07. The van der Waals surface area contributed by atoms with E-state index in [-0.39, 0.29) is 5.91 Å². The lowest BCUT2D eigenvalue weighted by molar-refractivity contribution is -0.112. The molecule has 0 radical (unpaired) electrons. The molecule has 0 aromatic heterocycles. The smallest absolute Gasteiger partial charge is 0.258 e. The molecule has 0 saturated heterocycles. The zero-order chi connectivity index (χ0) is 14.1. The van der Waals surface area contributed by atoms with Crippen LogP contribution in [0.4, 0.5) is 5.69 Å². The van der Waals surface area contributed by atoms with Crippen molar-refractivity contribution in [1.82, 2.24) is 0 Å². The molecule has 0 unspecified atom stereocenters. The SMILES string of the molecule is COc1ccc(/C=C2/C(=O)N(C)c3ccccc32)cc1. The summed E-state index contributed by atoms with van der Waals surface area (Å²) in [6.07, 6.45) is 1.92. The molecule has 0 saturated carbocycles. The Hall–Kier alpha value is -2.55. The number of ether oxygens (including phenoxy) is 1. The average molecular weight is 265 g/mol. The summed E-state index contributed by atoms with van der Waals surface area (Å²) in [6, 6.07) is 15.5. The number of likely N-dealkylation sites (N-methyl/N-ethyl adjacent to an activating group) is 1. The number of hydrogen-bond donors (Lipinski definition) is 0. The molecule has 1 aliphatic rings. The minimum Gasteiger partial charge on any atom is -0.497 e. The van der Waals surface area contributed by atoms with Gasteiger partial charge in [0, 0.05) is 18.2 Å². The molecule has 0 atom stereocenters. The van der Waals surface area contributed by atoms with Crippen LogP contribution in [-0.2, 0) is 4.79 Å². The molecule has 1 heterocycles. The van der Waals surface area contributed by atoms with Gasteiger partial charge in [-0.25, -0.2) is 0 Å². The Bertz CT molecular complexity index is 686. The van der Waals surface area contributed by atoms with Crippen LogP contribution >= 0.6 is 0 Å². The van der Waals surface area contributed by atoms with E-state index < -0.39 is 0 Å². The number of anilines is 1. The van der Waals surface area contributed by atoms with E-state index in [0.717, 1.165) is 28.1 Å². The number of rotatable bonds is 2. The summed E-state index contributed by atoms with van der Waals surface area (Å²) in [7, 11) is 3.44. The van der Waals surface area contributed by atoms with Crippen molar-refractivity contribution in [3.05, 3.63) is 59.7 Å². The third-order valence-electron chi connectivity index (χ3n) is 3.52. The quantitative estimate of drug-likeness (QED) is 0.780. The number of methoxy groups -OCH3 is 1. The van der Waals surface area contributed by atoms with Gasteiger partial charge >= 0.3 is 0 Å². The highest BCUT2D eigenvalue weighted by molar-refractivity contribution is 6.35. The number of carbonyl (C=O) groups is 1. The monoisotopic (exact) mass is 265 g/mol. The van der Waals surface area contributed by atoms with Gasteiger partial charge in [-0.05, 0) is 29.8 Å². The fraction of sp³-hybridized carbons (Fsp3) is 0.118. The van der Waals surface area contributed by atoms with E-state index in [0.29, 0.717) is 0 Å². The van der Waals surface area contributed by atoms with Crippen molar-refractivity contribution in [3.63, 3.8) is 0 Å². The van der Waals surface area contributed by atoms with Crippen molar-refractivity contribution >= 4 is 23.2 Å². The average Bonchev–Trinajstić information content (AvgIpc) is 2.74. The topological polar surface area (TPSA) is 29.5 Å². The van der Waals surface area contributed by atoms with Crippen LogP contribution in [0.15, 0.2) is 48.5 Å². The van der Waals surface area contributed by atoms with Crippen molar-refractivity contribution in [2.45, 2.75) is 0 Å². The second-order valence-corrected chi connectivity index (χ2v) is 4.71. The number of nitrogens with zero attached hydrogens (tertiary/aromatic N) is 1. The van der Waals surface area contributed by atoms with Crippen LogP contribution in [0.25, 0.3) is 11.6 Å². The Morgan fingerprint density at radius 2 is 1.75 bits per heavy atom. The predicted octanol–water partition coefficient (Wildman–Crippen LogP) is 3.21. The summed E-state index contributed by atoms with van der Waals surface area (Å²) in [5, 5.41) is 0. The van der Waals surface area contributed by atoms with Crippen molar-refractivity contribution in [3.8, 4) is 5.75 Å². The zero-order valence-electron chi connectivity index (χ0n) is 11.5. The molecule has 0 aliphatic carbocycles. The van der Waals surface area contributed by atoms with E-state index >= 15 is 0 Å². The Labute approximate surface area is 118 Å². The predicted molar refractivity (Wildman–Crippen MR) is 80.7 cm³/mol. The highest BCUT2D eigenvalue weighted by Crippen LogP contribution is 2.36. The summed E-state index contributed by atoms with van der Waals surface area (Å²) in [6.45, 7) is 0. The number of hydrogen-bond acceptors (Lipinski definition) is 2. The van der Waals surface area contributed by atoms with Crippen LogP contribution in [-0.4, -0.2) is 20.1 Å². The van der Waals surface area contributed by atoms with Gasteiger partial charge in [-0.3, -0.25) is 4.79 Å². The molecule has 0 N–H and O–H groups in total. The normalized spacial score (nSPS) is 15.6. The van der Waals surface area contributed by atoms with E-state index in [1.807, 2.05) is 54.6 Å². The van der Waals surface area contributed by atoms with Crippen LogP contribution in [0.5, 0.6) is 5.75 Å². The molecular formula is C17H15NO2. The van der Waals surface area contributed by atoms with Crippen LogP contribution in [0.3, 0.4) is 0 Å².